The van der Waals surface area contributed by atoms with E-state index in [1.54, 1.807) is 0 Å². The summed E-state index contributed by atoms with van der Waals surface area (Å²) >= 11 is 6.79. The number of aryl methyl sites for hydroxylation is 1. The van der Waals surface area contributed by atoms with Gasteiger partial charge in [-0.15, -0.1) is 11.6 Å². The van der Waals surface area contributed by atoms with Crippen molar-refractivity contribution < 1.29 is 8.98 Å². The Morgan fingerprint density at radius 3 is 2.42 bits per heavy atom. The molecule has 0 aliphatic rings. The Morgan fingerprint density at radius 2 is 1.79 bits per heavy atom. The number of hydrogen-bond donors (Lipinski definition) is 2. The van der Waals surface area contributed by atoms with Crippen molar-refractivity contribution in [2.75, 3.05) is 17.7 Å². The van der Waals surface area contributed by atoms with Gasteiger partial charge in [-0.3, -0.25) is 0 Å². The first-order chi connectivity index (χ1) is 11.7. The monoisotopic (exact) mass is 366 g/mol. The van der Waals surface area contributed by atoms with E-state index in [1.165, 1.54) is 12.0 Å². The van der Waals surface area contributed by atoms with Gasteiger partial charge in [0.05, 0.1) is 12.0 Å². The molecule has 130 valence electrons. The minimum Gasteiger partial charge on any atom is -0.420 e. The van der Waals surface area contributed by atoms with E-state index in [4.69, 9.17) is 15.8 Å². The summed E-state index contributed by atoms with van der Waals surface area (Å²) < 4.78 is 5.70. The van der Waals surface area contributed by atoms with Crippen LogP contribution in [0.4, 0.5) is 10.5 Å². The molecule has 0 bridgehead atoms. The SMILES string of the molecule is CC.Cc1ccccc1OSc1ccc(NC(=O)NCCCl)cc1. The molecule has 0 aliphatic heterocycles. The topological polar surface area (TPSA) is 50.4 Å². The summed E-state index contributed by atoms with van der Waals surface area (Å²) in [6.07, 6.45) is 0. The van der Waals surface area contributed by atoms with Gasteiger partial charge in [0, 0.05) is 23.0 Å². The molecule has 2 rings (SSSR count). The number of para-hydroxylation sites is 1. The third-order valence-electron chi connectivity index (χ3n) is 2.81. The predicted octanol–water partition coefficient (Wildman–Crippen LogP) is 5.47. The molecule has 2 amide bonds. The molecule has 0 heterocycles. The van der Waals surface area contributed by atoms with E-state index in [-0.39, 0.29) is 6.03 Å². The number of nitrogens with one attached hydrogen (secondary N) is 2. The minimum absolute atomic E-state index is 0.266. The molecule has 0 spiro atoms. The molecule has 0 aromatic heterocycles. The number of alkyl halides is 1. The number of hydrogen-bond acceptors (Lipinski definition) is 3. The van der Waals surface area contributed by atoms with Crippen LogP contribution in [0.15, 0.2) is 53.4 Å². The summed E-state index contributed by atoms with van der Waals surface area (Å²) in [7, 11) is 0. The van der Waals surface area contributed by atoms with Crippen LogP contribution in [0, 0.1) is 6.92 Å². The third kappa shape index (κ3) is 7.15. The predicted molar refractivity (Wildman–Crippen MR) is 103 cm³/mol. The van der Waals surface area contributed by atoms with Crippen molar-refractivity contribution in [3.8, 4) is 5.75 Å². The Kier molecular flexibility index (Phi) is 9.80. The van der Waals surface area contributed by atoms with Crippen LogP contribution < -0.4 is 14.8 Å². The lowest BCUT2D eigenvalue weighted by Crippen LogP contribution is -2.30. The van der Waals surface area contributed by atoms with Gasteiger partial charge in [0.2, 0.25) is 0 Å². The second kappa shape index (κ2) is 11.6. The first kappa shape index (κ1) is 20.2. The molecule has 0 saturated heterocycles. The Hall–Kier alpha value is -1.85. The number of carbonyl (C=O) groups excluding carboxylic acids is 1. The number of benzene rings is 2. The summed E-state index contributed by atoms with van der Waals surface area (Å²) in [5, 5.41) is 5.36. The van der Waals surface area contributed by atoms with Crippen LogP contribution >= 0.6 is 23.6 Å². The lowest BCUT2D eigenvalue weighted by molar-refractivity contribution is 0.252. The normalized spacial score (nSPS) is 9.50. The van der Waals surface area contributed by atoms with Crippen molar-refractivity contribution in [2.24, 2.45) is 0 Å². The van der Waals surface area contributed by atoms with Gasteiger partial charge < -0.3 is 14.8 Å². The molecule has 0 saturated carbocycles. The summed E-state index contributed by atoms with van der Waals surface area (Å²) in [5.41, 5.74) is 1.80. The zero-order valence-electron chi connectivity index (χ0n) is 14.1. The quantitative estimate of drug-likeness (QED) is 0.526. The molecule has 0 atom stereocenters. The standard InChI is InChI=1S/C16H17ClN2O2S.C2H6/c1-12-4-2-3-5-15(12)21-22-14-8-6-13(7-9-14)19-16(20)18-11-10-17;1-2/h2-9H,10-11H2,1H3,(H2,18,19,20);1-2H3. The molecule has 0 fully saturated rings. The van der Waals surface area contributed by atoms with Crippen molar-refractivity contribution in [1.82, 2.24) is 5.32 Å². The zero-order valence-corrected chi connectivity index (χ0v) is 15.7. The van der Waals surface area contributed by atoms with Crippen molar-refractivity contribution >= 4 is 35.4 Å². The van der Waals surface area contributed by atoms with E-state index in [1.807, 2.05) is 69.3 Å². The summed E-state index contributed by atoms with van der Waals surface area (Å²) in [5.74, 6) is 1.23. The second-order valence-corrected chi connectivity index (χ2v) is 5.71. The van der Waals surface area contributed by atoms with Gasteiger partial charge in [-0.1, -0.05) is 32.0 Å². The second-order valence-electron chi connectivity index (χ2n) is 4.53. The van der Waals surface area contributed by atoms with Gasteiger partial charge in [-0.05, 0) is 42.8 Å². The molecule has 2 N–H and O–H groups in total. The molecule has 6 heteroatoms. The van der Waals surface area contributed by atoms with Gasteiger partial charge in [0.25, 0.3) is 0 Å². The maximum Gasteiger partial charge on any atom is 0.319 e. The van der Waals surface area contributed by atoms with E-state index in [0.29, 0.717) is 18.1 Å². The van der Waals surface area contributed by atoms with E-state index in [0.717, 1.165) is 16.2 Å². The van der Waals surface area contributed by atoms with Crippen LogP contribution in [0.25, 0.3) is 0 Å². The molecule has 2 aromatic rings. The maximum atomic E-state index is 11.5. The van der Waals surface area contributed by atoms with E-state index in [9.17, 15) is 4.79 Å². The fraction of sp³-hybridized carbons (Fsp3) is 0.278. The first-order valence-corrected chi connectivity index (χ1v) is 9.07. The number of anilines is 1. The lowest BCUT2D eigenvalue weighted by atomic mass is 10.2. The Labute approximate surface area is 153 Å². The average molecular weight is 367 g/mol. The summed E-state index contributed by atoms with van der Waals surface area (Å²) in [6, 6.07) is 15.0. The molecular weight excluding hydrogens is 344 g/mol. The van der Waals surface area contributed by atoms with Gasteiger partial charge >= 0.3 is 6.03 Å². The van der Waals surface area contributed by atoms with Crippen LogP contribution in [0.2, 0.25) is 0 Å². The van der Waals surface area contributed by atoms with Gasteiger partial charge in [0.15, 0.2) is 0 Å². The van der Waals surface area contributed by atoms with Gasteiger partial charge in [-0.2, -0.15) is 0 Å². The highest BCUT2D eigenvalue weighted by molar-refractivity contribution is 7.95. The largest absolute Gasteiger partial charge is 0.420 e. The smallest absolute Gasteiger partial charge is 0.319 e. The molecule has 0 radical (unpaired) electrons. The maximum absolute atomic E-state index is 11.5. The van der Waals surface area contributed by atoms with E-state index in [2.05, 4.69) is 10.6 Å². The number of urea groups is 1. The highest BCUT2D eigenvalue weighted by atomic mass is 35.5. The van der Waals surface area contributed by atoms with Crippen molar-refractivity contribution in [3.63, 3.8) is 0 Å². The highest BCUT2D eigenvalue weighted by Crippen LogP contribution is 2.26. The lowest BCUT2D eigenvalue weighted by Gasteiger charge is -2.08. The fourth-order valence-electron chi connectivity index (χ4n) is 1.67. The number of rotatable bonds is 6. The molecule has 4 nitrogen and oxygen atoms in total. The Balaban J connectivity index is 0.00000139. The highest BCUT2D eigenvalue weighted by Gasteiger charge is 2.03. The molecule has 0 unspecified atom stereocenters. The molecular formula is C18H23ClN2O2S. The molecule has 2 aromatic carbocycles. The van der Waals surface area contributed by atoms with Crippen LogP contribution in [0.1, 0.15) is 19.4 Å². The van der Waals surface area contributed by atoms with Gasteiger partial charge in [-0.25, -0.2) is 4.79 Å². The third-order valence-corrected chi connectivity index (χ3v) is 3.73. The van der Waals surface area contributed by atoms with Crippen molar-refractivity contribution in [3.05, 3.63) is 54.1 Å². The van der Waals surface area contributed by atoms with E-state index < -0.39 is 0 Å². The zero-order chi connectivity index (χ0) is 17.8. The van der Waals surface area contributed by atoms with Crippen LogP contribution in [0.3, 0.4) is 0 Å². The van der Waals surface area contributed by atoms with Crippen LogP contribution in [0.5, 0.6) is 5.75 Å². The minimum atomic E-state index is -0.266. The first-order valence-electron chi connectivity index (χ1n) is 7.80. The summed E-state index contributed by atoms with van der Waals surface area (Å²) in [4.78, 5) is 12.4. The number of amides is 2. The Morgan fingerprint density at radius 1 is 1.12 bits per heavy atom. The molecule has 24 heavy (non-hydrogen) atoms. The molecule has 0 aliphatic carbocycles. The van der Waals surface area contributed by atoms with Gasteiger partial charge in [0.1, 0.15) is 5.75 Å². The average Bonchev–Trinajstić information content (AvgIpc) is 2.62. The Bertz CT molecular complexity index is 621. The van der Waals surface area contributed by atoms with Crippen LogP contribution in [-0.4, -0.2) is 18.5 Å². The summed E-state index contributed by atoms with van der Waals surface area (Å²) in [6.45, 7) is 6.44. The fourth-order valence-corrected chi connectivity index (χ4v) is 2.39. The van der Waals surface area contributed by atoms with Crippen molar-refractivity contribution in [1.29, 1.82) is 0 Å². The van der Waals surface area contributed by atoms with Crippen LogP contribution in [-0.2, 0) is 0 Å². The van der Waals surface area contributed by atoms with Crippen molar-refractivity contribution in [2.45, 2.75) is 25.7 Å². The van der Waals surface area contributed by atoms with E-state index >= 15 is 0 Å². The number of halogens is 1. The number of carbonyl (C=O) groups is 1.